The zero-order valence-corrected chi connectivity index (χ0v) is 10.0. The van der Waals surface area contributed by atoms with Gasteiger partial charge in [0.25, 0.3) is 0 Å². The van der Waals surface area contributed by atoms with Crippen LogP contribution in [0, 0.1) is 0 Å². The third-order valence-electron chi connectivity index (χ3n) is 1.74. The predicted octanol–water partition coefficient (Wildman–Crippen LogP) is 3.94. The summed E-state index contributed by atoms with van der Waals surface area (Å²) in [5.41, 5.74) is 0.856. The lowest BCUT2D eigenvalue weighted by Crippen LogP contribution is -1.90. The molecule has 0 N–H and O–H groups in total. The third-order valence-corrected chi connectivity index (χ3v) is 2.73. The highest BCUT2D eigenvalue weighted by Crippen LogP contribution is 2.25. The molecule has 14 heavy (non-hydrogen) atoms. The van der Waals surface area contributed by atoms with E-state index in [4.69, 9.17) is 23.2 Å². The van der Waals surface area contributed by atoms with Crippen LogP contribution in [0.25, 0.3) is 5.69 Å². The zero-order chi connectivity index (χ0) is 10.1. The van der Waals surface area contributed by atoms with Crippen LogP contribution in [0.5, 0.6) is 0 Å². The zero-order valence-electron chi connectivity index (χ0n) is 6.92. The first-order valence-corrected chi connectivity index (χ1v) is 5.36. The number of imidazole rings is 1. The normalized spacial score (nSPS) is 10.5. The van der Waals surface area contributed by atoms with E-state index in [2.05, 4.69) is 20.9 Å². The fourth-order valence-corrected chi connectivity index (χ4v) is 2.04. The minimum atomic E-state index is 0.448. The maximum Gasteiger partial charge on any atom is 0.147 e. The van der Waals surface area contributed by atoms with Gasteiger partial charge in [-0.3, -0.25) is 0 Å². The summed E-state index contributed by atoms with van der Waals surface area (Å²) in [4.78, 5) is 3.91. The molecule has 0 atom stereocenters. The molecule has 1 aromatic heterocycles. The Balaban J connectivity index is 2.52. The van der Waals surface area contributed by atoms with Crippen molar-refractivity contribution in [3.63, 3.8) is 0 Å². The lowest BCUT2D eigenvalue weighted by Gasteiger charge is -2.04. The third kappa shape index (κ3) is 1.95. The first kappa shape index (κ1) is 10.0. The maximum atomic E-state index is 6.05. The van der Waals surface area contributed by atoms with Crippen LogP contribution in [-0.2, 0) is 0 Å². The van der Waals surface area contributed by atoms with E-state index in [-0.39, 0.29) is 0 Å². The topological polar surface area (TPSA) is 17.8 Å². The highest BCUT2D eigenvalue weighted by Gasteiger charge is 2.03. The van der Waals surface area contributed by atoms with E-state index in [9.17, 15) is 0 Å². The number of halogens is 3. The molecule has 72 valence electrons. The summed E-state index contributed by atoms with van der Waals surface area (Å²) in [6.07, 6.45) is 3.33. The molecule has 2 rings (SSSR count). The van der Waals surface area contributed by atoms with Crippen molar-refractivity contribution in [1.82, 2.24) is 9.55 Å². The Labute approximate surface area is 99.6 Å². The molecule has 0 saturated carbocycles. The summed E-state index contributed by atoms with van der Waals surface area (Å²) in [5, 5.41) is 1.09. The molecule has 0 aliphatic carbocycles. The van der Waals surface area contributed by atoms with Gasteiger partial charge < -0.3 is 4.57 Å². The highest BCUT2D eigenvalue weighted by atomic mass is 79.9. The molecule has 5 heteroatoms. The Kier molecular flexibility index (Phi) is 2.81. The van der Waals surface area contributed by atoms with Crippen LogP contribution in [-0.4, -0.2) is 9.55 Å². The molecule has 1 aromatic carbocycles. The molecule has 2 aromatic rings. The number of hydrogen-bond donors (Lipinski definition) is 0. The molecule has 0 fully saturated rings. The van der Waals surface area contributed by atoms with Crippen LogP contribution >= 0.6 is 39.1 Å². The fourth-order valence-electron chi connectivity index (χ4n) is 1.12. The standard InChI is InChI=1S/C9H5BrCl2N2/c10-6-1-2-8(7(11)3-6)14-4-9(12)13-5-14/h1-5H. The molecule has 0 saturated heterocycles. The molecule has 0 unspecified atom stereocenters. The van der Waals surface area contributed by atoms with Gasteiger partial charge in [0, 0.05) is 10.7 Å². The smallest absolute Gasteiger partial charge is 0.147 e. The monoisotopic (exact) mass is 290 g/mol. The van der Waals surface area contributed by atoms with Crippen molar-refractivity contribution in [3.8, 4) is 5.69 Å². The molecule has 2 nitrogen and oxygen atoms in total. The number of hydrogen-bond acceptors (Lipinski definition) is 1. The van der Waals surface area contributed by atoms with E-state index in [0.717, 1.165) is 10.2 Å². The first-order chi connectivity index (χ1) is 6.66. The Bertz CT molecular complexity index is 468. The lowest BCUT2D eigenvalue weighted by atomic mass is 10.3. The molecule has 1 heterocycles. The van der Waals surface area contributed by atoms with Crippen molar-refractivity contribution < 1.29 is 0 Å². The van der Waals surface area contributed by atoms with Crippen molar-refractivity contribution in [2.75, 3.05) is 0 Å². The number of rotatable bonds is 1. The van der Waals surface area contributed by atoms with Gasteiger partial charge in [0.2, 0.25) is 0 Å². The summed E-state index contributed by atoms with van der Waals surface area (Å²) in [5.74, 6) is 0. The summed E-state index contributed by atoms with van der Waals surface area (Å²) in [7, 11) is 0. The van der Waals surface area contributed by atoms with Crippen LogP contribution in [0.3, 0.4) is 0 Å². The summed E-state index contributed by atoms with van der Waals surface area (Å²) >= 11 is 15.1. The molecule has 0 aliphatic heterocycles. The molecule has 0 aliphatic rings. The molecule has 0 amide bonds. The largest absolute Gasteiger partial charge is 0.303 e. The maximum absolute atomic E-state index is 6.05. The van der Waals surface area contributed by atoms with Crippen molar-refractivity contribution >= 4 is 39.1 Å². The molecule has 0 spiro atoms. The van der Waals surface area contributed by atoms with E-state index in [0.29, 0.717) is 10.2 Å². The molecule has 0 radical (unpaired) electrons. The second kappa shape index (κ2) is 3.93. The van der Waals surface area contributed by atoms with Crippen LogP contribution in [0.4, 0.5) is 0 Å². The van der Waals surface area contributed by atoms with Crippen molar-refractivity contribution in [2.45, 2.75) is 0 Å². The number of nitrogens with zero attached hydrogens (tertiary/aromatic N) is 2. The number of benzene rings is 1. The lowest BCUT2D eigenvalue weighted by molar-refractivity contribution is 1.06. The van der Waals surface area contributed by atoms with Gasteiger partial charge in [-0.15, -0.1) is 0 Å². The van der Waals surface area contributed by atoms with Crippen molar-refractivity contribution in [1.29, 1.82) is 0 Å². The Morgan fingerprint density at radius 2 is 2.07 bits per heavy atom. The molecular weight excluding hydrogens is 287 g/mol. The van der Waals surface area contributed by atoms with Gasteiger partial charge in [-0.05, 0) is 18.2 Å². The average Bonchev–Trinajstić information content (AvgIpc) is 2.51. The Morgan fingerprint density at radius 3 is 2.64 bits per heavy atom. The SMILES string of the molecule is Clc1cn(-c2ccc(Br)cc2Cl)cn1. The van der Waals surface area contributed by atoms with Gasteiger partial charge in [-0.25, -0.2) is 4.98 Å². The Morgan fingerprint density at radius 1 is 1.29 bits per heavy atom. The van der Waals surface area contributed by atoms with E-state index in [1.807, 2.05) is 18.2 Å². The second-order valence-corrected chi connectivity index (χ2v) is 4.41. The van der Waals surface area contributed by atoms with Gasteiger partial charge in [0.05, 0.1) is 10.7 Å². The molecular formula is C9H5BrCl2N2. The van der Waals surface area contributed by atoms with Crippen LogP contribution in [0.2, 0.25) is 10.2 Å². The van der Waals surface area contributed by atoms with E-state index in [1.54, 1.807) is 17.1 Å². The summed E-state index contributed by atoms with van der Waals surface area (Å²) in [6, 6.07) is 5.63. The van der Waals surface area contributed by atoms with Crippen LogP contribution in [0.15, 0.2) is 35.2 Å². The van der Waals surface area contributed by atoms with Crippen molar-refractivity contribution in [3.05, 3.63) is 45.4 Å². The quantitative estimate of drug-likeness (QED) is 0.778. The van der Waals surface area contributed by atoms with Crippen LogP contribution in [0.1, 0.15) is 0 Å². The first-order valence-electron chi connectivity index (χ1n) is 3.82. The van der Waals surface area contributed by atoms with Gasteiger partial charge >= 0.3 is 0 Å². The minimum absolute atomic E-state index is 0.448. The highest BCUT2D eigenvalue weighted by molar-refractivity contribution is 9.10. The van der Waals surface area contributed by atoms with Gasteiger partial charge in [0.1, 0.15) is 11.5 Å². The summed E-state index contributed by atoms with van der Waals surface area (Å²) < 4.78 is 2.72. The van der Waals surface area contributed by atoms with E-state index >= 15 is 0 Å². The van der Waals surface area contributed by atoms with Gasteiger partial charge in [-0.1, -0.05) is 39.1 Å². The van der Waals surface area contributed by atoms with Gasteiger partial charge in [0.15, 0.2) is 0 Å². The van der Waals surface area contributed by atoms with E-state index in [1.165, 1.54) is 0 Å². The summed E-state index contributed by atoms with van der Waals surface area (Å²) in [6.45, 7) is 0. The van der Waals surface area contributed by atoms with E-state index < -0.39 is 0 Å². The average molecular weight is 292 g/mol. The van der Waals surface area contributed by atoms with Crippen molar-refractivity contribution in [2.24, 2.45) is 0 Å². The predicted molar refractivity (Wildman–Crippen MR) is 61.3 cm³/mol. The van der Waals surface area contributed by atoms with Gasteiger partial charge in [-0.2, -0.15) is 0 Å². The Hall–Kier alpha value is -0.510. The second-order valence-electron chi connectivity index (χ2n) is 2.70. The number of aromatic nitrogens is 2. The fraction of sp³-hybridized carbons (Fsp3) is 0. The van der Waals surface area contributed by atoms with Crippen LogP contribution < -0.4 is 0 Å². The molecule has 0 bridgehead atoms. The minimum Gasteiger partial charge on any atom is -0.303 e.